The number of alkyl halides is 6. The molecule has 0 fully saturated rings. The fourth-order valence-corrected chi connectivity index (χ4v) is 6.41. The summed E-state index contributed by atoms with van der Waals surface area (Å²) in [5, 5.41) is 2.39. The topological polar surface area (TPSA) is 88.6 Å². The summed E-state index contributed by atoms with van der Waals surface area (Å²) in [5.41, 5.74) is -1.58. The standard InChI is InChI=1S/C24H19F6N3O4S/c1-31-21(34)19-14-18(9-11-32-19)37-17-7-8-20-15(13-17)10-12-33(20)38(35,36)22(23(25,26)27,24(28,29)30)16-5-3-2-4-6-16/h2-9,11,13-14H,10,12H2,1H3,(H,31,34). The Morgan fingerprint density at radius 2 is 1.58 bits per heavy atom. The minimum Gasteiger partial charge on any atom is -0.457 e. The number of rotatable bonds is 6. The van der Waals surface area contributed by atoms with Crippen LogP contribution in [-0.2, 0) is 21.2 Å². The number of fused-ring (bicyclic) bond motifs is 1. The zero-order valence-electron chi connectivity index (χ0n) is 19.5. The lowest BCUT2D eigenvalue weighted by molar-refractivity contribution is -0.271. The van der Waals surface area contributed by atoms with Crippen molar-refractivity contribution < 1.29 is 44.3 Å². The van der Waals surface area contributed by atoms with E-state index < -0.39 is 45.1 Å². The van der Waals surface area contributed by atoms with Crippen LogP contribution in [-0.4, -0.2) is 45.3 Å². The van der Waals surface area contributed by atoms with Gasteiger partial charge in [-0.1, -0.05) is 30.3 Å². The summed E-state index contributed by atoms with van der Waals surface area (Å²) in [7, 11) is -4.74. The maximum atomic E-state index is 14.3. The number of benzene rings is 2. The number of amides is 1. The van der Waals surface area contributed by atoms with Gasteiger partial charge in [-0.2, -0.15) is 26.3 Å². The van der Waals surface area contributed by atoms with Gasteiger partial charge in [-0.25, -0.2) is 8.42 Å². The van der Waals surface area contributed by atoms with E-state index in [0.717, 1.165) is 18.2 Å². The van der Waals surface area contributed by atoms with Crippen molar-refractivity contribution in [2.45, 2.75) is 23.5 Å². The monoisotopic (exact) mass is 559 g/mol. The molecule has 0 radical (unpaired) electrons. The van der Waals surface area contributed by atoms with Crippen LogP contribution in [0.2, 0.25) is 0 Å². The first-order chi connectivity index (χ1) is 17.7. The van der Waals surface area contributed by atoms with Gasteiger partial charge < -0.3 is 10.1 Å². The van der Waals surface area contributed by atoms with Crippen molar-refractivity contribution >= 4 is 21.6 Å². The van der Waals surface area contributed by atoms with Crippen molar-refractivity contribution in [3.8, 4) is 11.5 Å². The molecule has 0 bridgehead atoms. The van der Waals surface area contributed by atoms with Crippen LogP contribution in [0.4, 0.5) is 32.0 Å². The van der Waals surface area contributed by atoms with Gasteiger partial charge in [0.15, 0.2) is 0 Å². The van der Waals surface area contributed by atoms with E-state index in [-0.39, 0.29) is 39.2 Å². The number of sulfonamides is 1. The van der Waals surface area contributed by atoms with Crippen LogP contribution in [0.15, 0.2) is 66.9 Å². The molecule has 1 N–H and O–H groups in total. The van der Waals surface area contributed by atoms with Crippen molar-refractivity contribution in [2.75, 3.05) is 17.9 Å². The van der Waals surface area contributed by atoms with E-state index in [1.807, 2.05) is 0 Å². The number of pyridine rings is 1. The third kappa shape index (κ3) is 4.31. The summed E-state index contributed by atoms with van der Waals surface area (Å²) in [6, 6.07) is 10.3. The number of hydrogen-bond acceptors (Lipinski definition) is 5. The molecule has 202 valence electrons. The van der Waals surface area contributed by atoms with E-state index in [4.69, 9.17) is 4.74 Å². The first kappa shape index (κ1) is 27.2. The number of halogens is 6. The SMILES string of the molecule is CNC(=O)c1cc(Oc2ccc3c(c2)CCN3S(=O)(=O)C(c2ccccc2)(C(F)(F)F)C(F)(F)F)ccn1. The molecule has 0 spiro atoms. The van der Waals surface area contributed by atoms with Crippen LogP contribution < -0.4 is 14.4 Å². The van der Waals surface area contributed by atoms with E-state index in [0.29, 0.717) is 12.1 Å². The molecule has 2 heterocycles. The van der Waals surface area contributed by atoms with Crippen molar-refractivity contribution in [2.24, 2.45) is 0 Å². The number of nitrogens with one attached hydrogen (secondary N) is 1. The van der Waals surface area contributed by atoms with E-state index in [9.17, 15) is 39.6 Å². The van der Waals surface area contributed by atoms with Crippen molar-refractivity contribution in [3.63, 3.8) is 0 Å². The van der Waals surface area contributed by atoms with Gasteiger partial charge in [0.25, 0.3) is 15.9 Å². The van der Waals surface area contributed by atoms with Crippen LogP contribution in [0.5, 0.6) is 11.5 Å². The Labute approximate surface area is 213 Å². The van der Waals surface area contributed by atoms with Gasteiger partial charge in [0.1, 0.15) is 17.2 Å². The molecule has 1 aliphatic rings. The Bertz CT molecular complexity index is 1450. The summed E-state index contributed by atoms with van der Waals surface area (Å²) in [6.07, 6.45) is -11.3. The van der Waals surface area contributed by atoms with Gasteiger partial charge >= 0.3 is 17.1 Å². The molecule has 0 aliphatic carbocycles. The highest BCUT2D eigenvalue weighted by molar-refractivity contribution is 7.94. The van der Waals surface area contributed by atoms with Gasteiger partial charge in [0.2, 0.25) is 0 Å². The number of ether oxygens (including phenoxy) is 1. The second kappa shape index (κ2) is 9.49. The molecule has 0 saturated heterocycles. The average molecular weight is 559 g/mol. The molecule has 1 aliphatic heterocycles. The third-order valence-corrected chi connectivity index (χ3v) is 8.42. The Balaban J connectivity index is 1.76. The number of aromatic nitrogens is 1. The molecule has 4 rings (SSSR count). The highest BCUT2D eigenvalue weighted by Gasteiger charge is 2.80. The Morgan fingerprint density at radius 3 is 2.18 bits per heavy atom. The number of hydrogen-bond donors (Lipinski definition) is 1. The molecule has 0 unspecified atom stereocenters. The first-order valence-corrected chi connectivity index (χ1v) is 12.4. The van der Waals surface area contributed by atoms with Gasteiger partial charge in [-0.05, 0) is 41.8 Å². The summed E-state index contributed by atoms with van der Waals surface area (Å²) in [5.74, 6) is -0.183. The van der Waals surface area contributed by atoms with Crippen molar-refractivity contribution in [1.82, 2.24) is 10.3 Å². The Kier molecular flexibility index (Phi) is 6.80. The van der Waals surface area contributed by atoms with Crippen molar-refractivity contribution in [1.29, 1.82) is 0 Å². The van der Waals surface area contributed by atoms with Crippen molar-refractivity contribution in [3.05, 3.63) is 83.7 Å². The van der Waals surface area contributed by atoms with Gasteiger partial charge in [0, 0.05) is 25.9 Å². The lowest BCUT2D eigenvalue weighted by atomic mass is 9.96. The van der Waals surface area contributed by atoms with E-state index in [1.165, 1.54) is 43.6 Å². The molecule has 7 nitrogen and oxygen atoms in total. The smallest absolute Gasteiger partial charge is 0.423 e. The predicted octanol–water partition coefficient (Wildman–Crippen LogP) is 4.95. The molecule has 0 saturated carbocycles. The van der Waals surface area contributed by atoms with Crippen LogP contribution in [0, 0.1) is 0 Å². The summed E-state index contributed by atoms with van der Waals surface area (Å²) >= 11 is 0. The quantitative estimate of drug-likeness (QED) is 0.432. The first-order valence-electron chi connectivity index (χ1n) is 10.9. The normalized spacial score (nSPS) is 14.2. The molecule has 0 atom stereocenters. The molecule has 3 aromatic rings. The maximum Gasteiger partial charge on any atom is 0.423 e. The highest BCUT2D eigenvalue weighted by atomic mass is 32.2. The minimum absolute atomic E-state index is 0.0416. The fourth-order valence-electron chi connectivity index (χ4n) is 4.29. The summed E-state index contributed by atoms with van der Waals surface area (Å²) in [4.78, 5) is 15.7. The molecule has 14 heteroatoms. The predicted molar refractivity (Wildman–Crippen MR) is 124 cm³/mol. The fraction of sp³-hybridized carbons (Fsp3) is 0.250. The number of carbonyl (C=O) groups is 1. The molecular formula is C24H19F6N3O4S. The zero-order chi connectivity index (χ0) is 27.9. The maximum absolute atomic E-state index is 14.3. The molecule has 1 aromatic heterocycles. The lowest BCUT2D eigenvalue weighted by Crippen LogP contribution is -2.63. The second-order valence-electron chi connectivity index (χ2n) is 8.22. The van der Waals surface area contributed by atoms with Gasteiger partial charge in [-0.3, -0.25) is 14.1 Å². The number of anilines is 1. The summed E-state index contributed by atoms with van der Waals surface area (Å²) in [6.45, 7) is -0.641. The number of carbonyl (C=O) groups excluding carboxylic acids is 1. The van der Waals surface area contributed by atoms with Gasteiger partial charge in [-0.15, -0.1) is 0 Å². The van der Waals surface area contributed by atoms with E-state index >= 15 is 0 Å². The van der Waals surface area contributed by atoms with Crippen LogP contribution in [0.3, 0.4) is 0 Å². The number of nitrogens with zero attached hydrogens (tertiary/aromatic N) is 2. The molecular weight excluding hydrogens is 540 g/mol. The minimum atomic E-state index is -6.24. The van der Waals surface area contributed by atoms with Crippen LogP contribution in [0.25, 0.3) is 0 Å². The lowest BCUT2D eigenvalue weighted by Gasteiger charge is -2.39. The van der Waals surface area contributed by atoms with E-state index in [2.05, 4.69) is 10.3 Å². The van der Waals surface area contributed by atoms with E-state index in [1.54, 1.807) is 0 Å². The highest BCUT2D eigenvalue weighted by Crippen LogP contribution is 2.57. The molecule has 2 aromatic carbocycles. The van der Waals surface area contributed by atoms with Crippen LogP contribution >= 0.6 is 0 Å². The molecule has 1 amide bonds. The molecule has 38 heavy (non-hydrogen) atoms. The summed E-state index contributed by atoms with van der Waals surface area (Å²) < 4.78 is 113. The second-order valence-corrected chi connectivity index (χ2v) is 10.2. The Hall–Kier alpha value is -3.81. The van der Waals surface area contributed by atoms with Crippen LogP contribution in [0.1, 0.15) is 21.6 Å². The third-order valence-electron chi connectivity index (χ3n) is 5.99. The zero-order valence-corrected chi connectivity index (χ0v) is 20.3. The van der Waals surface area contributed by atoms with Gasteiger partial charge in [0.05, 0.1) is 5.69 Å². The average Bonchev–Trinajstić information content (AvgIpc) is 3.27. The Morgan fingerprint density at radius 1 is 0.947 bits per heavy atom. The largest absolute Gasteiger partial charge is 0.457 e.